The van der Waals surface area contributed by atoms with E-state index in [1.165, 1.54) is 30.9 Å². The van der Waals surface area contributed by atoms with Crippen molar-refractivity contribution in [1.29, 1.82) is 0 Å². The highest BCUT2D eigenvalue weighted by molar-refractivity contribution is 5.64. The van der Waals surface area contributed by atoms with Crippen LogP contribution >= 0.6 is 0 Å². The third-order valence-electron chi connectivity index (χ3n) is 3.77. The molecule has 0 fully saturated rings. The van der Waals surface area contributed by atoms with Crippen LogP contribution in [0.4, 0.5) is 4.39 Å². The van der Waals surface area contributed by atoms with Gasteiger partial charge in [-0.15, -0.1) is 0 Å². The van der Waals surface area contributed by atoms with Gasteiger partial charge in [0.25, 0.3) is 0 Å². The molecule has 0 aromatic heterocycles. The summed E-state index contributed by atoms with van der Waals surface area (Å²) in [5, 5.41) is 8.89. The van der Waals surface area contributed by atoms with Crippen LogP contribution in [0.25, 0.3) is 11.1 Å². The fourth-order valence-corrected chi connectivity index (χ4v) is 2.51. The van der Waals surface area contributed by atoms with Gasteiger partial charge in [-0.05, 0) is 42.0 Å². The highest BCUT2D eigenvalue weighted by Crippen LogP contribution is 2.24. The van der Waals surface area contributed by atoms with Gasteiger partial charge in [0, 0.05) is 12.2 Å². The van der Waals surface area contributed by atoms with Gasteiger partial charge in [0.1, 0.15) is 5.82 Å². The molecule has 0 saturated carbocycles. The lowest BCUT2D eigenvalue weighted by atomic mass is 9.99. The van der Waals surface area contributed by atoms with E-state index in [1.54, 1.807) is 6.07 Å². The Kier molecular flexibility index (Phi) is 5.94. The summed E-state index contributed by atoms with van der Waals surface area (Å²) in [6, 6.07) is 13.4. The van der Waals surface area contributed by atoms with Gasteiger partial charge in [0.2, 0.25) is 0 Å². The molecule has 0 aliphatic carbocycles. The van der Waals surface area contributed by atoms with Crippen LogP contribution in [0.1, 0.15) is 37.3 Å². The second kappa shape index (κ2) is 7.94. The van der Waals surface area contributed by atoms with Gasteiger partial charge in [0.15, 0.2) is 0 Å². The number of hydrogen-bond acceptors (Lipinski definition) is 1. The molecule has 0 unspecified atom stereocenters. The topological polar surface area (TPSA) is 20.2 Å². The smallest absolute Gasteiger partial charge is 0.131 e. The van der Waals surface area contributed by atoms with Crippen LogP contribution in [0, 0.1) is 5.82 Å². The van der Waals surface area contributed by atoms with Crippen molar-refractivity contribution < 1.29 is 9.50 Å². The lowest BCUT2D eigenvalue weighted by Gasteiger charge is -2.07. The predicted octanol–water partition coefficient (Wildman–Crippen LogP) is 4.76. The van der Waals surface area contributed by atoms with Gasteiger partial charge in [-0.2, -0.15) is 0 Å². The number of halogens is 1. The minimum atomic E-state index is -0.223. The maximum atomic E-state index is 14.1. The van der Waals surface area contributed by atoms with Crippen molar-refractivity contribution >= 4 is 0 Å². The quantitative estimate of drug-likeness (QED) is 0.728. The zero-order valence-corrected chi connectivity index (χ0v) is 12.6. The fourth-order valence-electron chi connectivity index (χ4n) is 2.51. The Balaban J connectivity index is 2.11. The SMILES string of the molecule is CCCCCc1ccc(-c2ccc(CCO)cc2F)cc1. The molecule has 2 rings (SSSR count). The Morgan fingerprint density at radius 3 is 2.24 bits per heavy atom. The van der Waals surface area contributed by atoms with Crippen LogP contribution < -0.4 is 0 Å². The molecule has 0 saturated heterocycles. The molecular weight excluding hydrogens is 263 g/mol. The first-order valence-corrected chi connectivity index (χ1v) is 7.73. The molecule has 0 bridgehead atoms. The fraction of sp³-hybridized carbons (Fsp3) is 0.368. The van der Waals surface area contributed by atoms with E-state index in [2.05, 4.69) is 19.1 Å². The van der Waals surface area contributed by atoms with Crippen molar-refractivity contribution in [1.82, 2.24) is 0 Å². The number of aliphatic hydroxyl groups excluding tert-OH is 1. The van der Waals surface area contributed by atoms with Crippen molar-refractivity contribution in [3.05, 3.63) is 59.4 Å². The molecule has 0 aliphatic heterocycles. The van der Waals surface area contributed by atoms with Crippen LogP contribution in [-0.2, 0) is 12.8 Å². The van der Waals surface area contributed by atoms with E-state index in [4.69, 9.17) is 5.11 Å². The van der Waals surface area contributed by atoms with Crippen molar-refractivity contribution in [2.45, 2.75) is 39.0 Å². The minimum Gasteiger partial charge on any atom is -0.396 e. The number of benzene rings is 2. The van der Waals surface area contributed by atoms with Gasteiger partial charge in [-0.3, -0.25) is 0 Å². The van der Waals surface area contributed by atoms with E-state index in [9.17, 15) is 4.39 Å². The number of aliphatic hydroxyl groups is 1. The van der Waals surface area contributed by atoms with Crippen LogP contribution in [0.3, 0.4) is 0 Å². The molecule has 21 heavy (non-hydrogen) atoms. The summed E-state index contributed by atoms with van der Waals surface area (Å²) in [7, 11) is 0. The third-order valence-corrected chi connectivity index (χ3v) is 3.77. The molecule has 2 aromatic carbocycles. The molecule has 0 radical (unpaired) electrons. The first kappa shape index (κ1) is 15.7. The first-order valence-electron chi connectivity index (χ1n) is 7.73. The highest BCUT2D eigenvalue weighted by Gasteiger charge is 2.06. The lowest BCUT2D eigenvalue weighted by molar-refractivity contribution is 0.299. The molecule has 1 N–H and O–H groups in total. The van der Waals surface area contributed by atoms with Crippen LogP contribution in [0.2, 0.25) is 0 Å². The molecule has 2 heteroatoms. The number of hydrogen-bond donors (Lipinski definition) is 1. The summed E-state index contributed by atoms with van der Waals surface area (Å²) < 4.78 is 14.1. The molecule has 2 aromatic rings. The Labute approximate surface area is 126 Å². The van der Waals surface area contributed by atoms with Crippen LogP contribution in [0.5, 0.6) is 0 Å². The molecule has 0 atom stereocenters. The van der Waals surface area contributed by atoms with Crippen molar-refractivity contribution in [3.63, 3.8) is 0 Å². The predicted molar refractivity (Wildman–Crippen MR) is 85.9 cm³/mol. The highest BCUT2D eigenvalue weighted by atomic mass is 19.1. The van der Waals surface area contributed by atoms with Gasteiger partial charge in [-0.1, -0.05) is 56.2 Å². The average Bonchev–Trinajstić information content (AvgIpc) is 2.49. The van der Waals surface area contributed by atoms with Gasteiger partial charge >= 0.3 is 0 Å². The number of unbranched alkanes of at least 4 members (excludes halogenated alkanes) is 2. The zero-order valence-electron chi connectivity index (χ0n) is 12.6. The van der Waals surface area contributed by atoms with Crippen LogP contribution in [0.15, 0.2) is 42.5 Å². The van der Waals surface area contributed by atoms with Crippen molar-refractivity contribution in [3.8, 4) is 11.1 Å². The Morgan fingerprint density at radius 2 is 1.62 bits per heavy atom. The average molecular weight is 286 g/mol. The first-order chi connectivity index (χ1) is 10.2. The zero-order chi connectivity index (χ0) is 15.1. The molecule has 0 amide bonds. The minimum absolute atomic E-state index is 0.0469. The third kappa shape index (κ3) is 4.40. The van der Waals surface area contributed by atoms with Crippen LogP contribution in [-0.4, -0.2) is 11.7 Å². The molecule has 1 nitrogen and oxygen atoms in total. The number of rotatable bonds is 7. The monoisotopic (exact) mass is 286 g/mol. The van der Waals surface area contributed by atoms with E-state index < -0.39 is 0 Å². The van der Waals surface area contributed by atoms with E-state index in [0.717, 1.165) is 17.5 Å². The molecule has 0 aliphatic rings. The largest absolute Gasteiger partial charge is 0.396 e. The maximum absolute atomic E-state index is 14.1. The molecular formula is C19H23FO. The summed E-state index contributed by atoms with van der Waals surface area (Å²) >= 11 is 0. The van der Waals surface area contributed by atoms with E-state index in [1.807, 2.05) is 18.2 Å². The Hall–Kier alpha value is -1.67. The summed E-state index contributed by atoms with van der Waals surface area (Å²) in [5.74, 6) is -0.223. The van der Waals surface area contributed by atoms with Gasteiger partial charge in [-0.25, -0.2) is 4.39 Å². The summed E-state index contributed by atoms with van der Waals surface area (Å²) in [4.78, 5) is 0. The van der Waals surface area contributed by atoms with Crippen molar-refractivity contribution in [2.75, 3.05) is 6.61 Å². The van der Waals surface area contributed by atoms with E-state index in [0.29, 0.717) is 12.0 Å². The van der Waals surface area contributed by atoms with Gasteiger partial charge in [0.05, 0.1) is 0 Å². The molecule has 0 heterocycles. The summed E-state index contributed by atoms with van der Waals surface area (Å²) in [6.07, 6.45) is 5.27. The van der Waals surface area contributed by atoms with E-state index in [-0.39, 0.29) is 12.4 Å². The Morgan fingerprint density at radius 1 is 0.905 bits per heavy atom. The molecule has 112 valence electrons. The second-order valence-electron chi connectivity index (χ2n) is 5.44. The molecule has 0 spiro atoms. The Bertz CT molecular complexity index is 560. The lowest BCUT2D eigenvalue weighted by Crippen LogP contribution is -1.93. The summed E-state index contributed by atoms with van der Waals surface area (Å²) in [6.45, 7) is 2.25. The van der Waals surface area contributed by atoms with Crippen molar-refractivity contribution in [2.24, 2.45) is 0 Å². The normalized spacial score (nSPS) is 10.8. The van der Waals surface area contributed by atoms with E-state index >= 15 is 0 Å². The summed E-state index contributed by atoms with van der Waals surface area (Å²) in [5.41, 5.74) is 3.67. The van der Waals surface area contributed by atoms with Gasteiger partial charge < -0.3 is 5.11 Å². The number of aryl methyl sites for hydroxylation is 1. The second-order valence-corrected chi connectivity index (χ2v) is 5.44. The standard InChI is InChI=1S/C19H23FO/c1-2-3-4-5-15-6-9-17(10-7-15)18-11-8-16(12-13-21)14-19(18)20/h6-11,14,21H,2-5,12-13H2,1H3. The maximum Gasteiger partial charge on any atom is 0.131 e.